The lowest BCUT2D eigenvalue weighted by molar-refractivity contribution is -0.119. The van der Waals surface area contributed by atoms with Crippen molar-refractivity contribution in [3.05, 3.63) is 66.1 Å². The van der Waals surface area contributed by atoms with Crippen molar-refractivity contribution in [3.63, 3.8) is 0 Å². The third-order valence-electron chi connectivity index (χ3n) is 4.68. The maximum atomic E-state index is 12.6. The Kier molecular flexibility index (Phi) is 4.24. The summed E-state index contributed by atoms with van der Waals surface area (Å²) < 4.78 is 0. The van der Waals surface area contributed by atoms with E-state index in [1.54, 1.807) is 0 Å². The molecule has 0 radical (unpaired) electrons. The van der Waals surface area contributed by atoms with E-state index >= 15 is 0 Å². The number of hydrogen-bond acceptors (Lipinski definition) is 3. The van der Waals surface area contributed by atoms with Crippen molar-refractivity contribution in [2.45, 2.75) is 25.2 Å². The summed E-state index contributed by atoms with van der Waals surface area (Å²) >= 11 is 0. The number of carbonyl (C=O) groups is 1. The van der Waals surface area contributed by atoms with E-state index in [-0.39, 0.29) is 5.78 Å². The van der Waals surface area contributed by atoms with Gasteiger partial charge >= 0.3 is 0 Å². The molecular formula is C21H18N4O. The monoisotopic (exact) mass is 342 g/mol. The number of aryl methyl sites for hydroxylation is 1. The number of imidazole rings is 1. The fourth-order valence-electron chi connectivity index (χ4n) is 3.33. The Morgan fingerprint density at radius 2 is 1.88 bits per heavy atom. The Morgan fingerprint density at radius 3 is 2.69 bits per heavy atom. The number of carbonyl (C=O) groups excluding carboxylic acids is 1. The molecule has 2 aromatic heterocycles. The van der Waals surface area contributed by atoms with Gasteiger partial charge in [-0.05, 0) is 36.6 Å². The summed E-state index contributed by atoms with van der Waals surface area (Å²) in [5, 5.41) is 10.7. The number of Topliss-reactive ketones (excluding diaryl/α,β-unsaturated/α-hetero) is 1. The number of nitrogens with one attached hydrogen (secondary N) is 2. The van der Waals surface area contributed by atoms with Gasteiger partial charge in [0.25, 0.3) is 0 Å². The van der Waals surface area contributed by atoms with Gasteiger partial charge in [0.15, 0.2) is 11.7 Å². The maximum Gasteiger partial charge on any atom is 0.162 e. The molecule has 26 heavy (non-hydrogen) atoms. The molecule has 5 nitrogen and oxygen atoms in total. The summed E-state index contributed by atoms with van der Waals surface area (Å²) in [5.74, 6) is -0.498. The second-order valence-electron chi connectivity index (χ2n) is 6.38. The molecule has 0 fully saturated rings. The second kappa shape index (κ2) is 6.85. The standard InChI is InChI=1S/C21H18N4O/c22-12-16(21-24-18-9-3-4-10-19(18)25-21)20(26)11-5-6-14-13-23-17-8-2-1-7-15(14)17/h1-4,7-10,13,16,23H,5-6,11H2,(H,24,25). The number of fused-ring (bicyclic) bond motifs is 2. The van der Waals surface area contributed by atoms with Crippen molar-refractivity contribution >= 4 is 27.7 Å². The molecule has 0 aliphatic heterocycles. The topological polar surface area (TPSA) is 85.3 Å². The number of para-hydroxylation sites is 3. The second-order valence-corrected chi connectivity index (χ2v) is 6.38. The van der Waals surface area contributed by atoms with Crippen LogP contribution in [0.2, 0.25) is 0 Å². The van der Waals surface area contributed by atoms with Crippen LogP contribution in [0.25, 0.3) is 21.9 Å². The Bertz CT molecular complexity index is 1080. The zero-order valence-electron chi connectivity index (χ0n) is 14.2. The average Bonchev–Trinajstić information content (AvgIpc) is 3.26. The molecule has 0 amide bonds. The number of aromatic amines is 2. The smallest absolute Gasteiger partial charge is 0.162 e. The lowest BCUT2D eigenvalue weighted by atomic mass is 9.98. The molecule has 0 aliphatic rings. The van der Waals surface area contributed by atoms with Crippen LogP contribution in [0.15, 0.2) is 54.7 Å². The first-order chi connectivity index (χ1) is 12.8. The van der Waals surface area contributed by atoms with Crippen molar-refractivity contribution in [3.8, 4) is 6.07 Å². The van der Waals surface area contributed by atoms with Gasteiger partial charge < -0.3 is 9.97 Å². The van der Waals surface area contributed by atoms with E-state index in [2.05, 4.69) is 27.1 Å². The molecule has 0 aliphatic carbocycles. The van der Waals surface area contributed by atoms with E-state index in [9.17, 15) is 10.1 Å². The highest BCUT2D eigenvalue weighted by atomic mass is 16.1. The van der Waals surface area contributed by atoms with Crippen LogP contribution in [-0.2, 0) is 11.2 Å². The first-order valence-electron chi connectivity index (χ1n) is 8.68. The lowest BCUT2D eigenvalue weighted by Gasteiger charge is -2.05. The van der Waals surface area contributed by atoms with E-state index in [1.165, 1.54) is 10.9 Å². The first kappa shape index (κ1) is 16.1. The summed E-state index contributed by atoms with van der Waals surface area (Å²) in [6.07, 6.45) is 3.86. The van der Waals surface area contributed by atoms with Gasteiger partial charge in [0.05, 0.1) is 17.1 Å². The molecule has 0 saturated heterocycles. The van der Waals surface area contributed by atoms with Crippen LogP contribution in [0.4, 0.5) is 0 Å². The molecule has 2 N–H and O–H groups in total. The van der Waals surface area contributed by atoms with Crippen LogP contribution < -0.4 is 0 Å². The summed E-state index contributed by atoms with van der Waals surface area (Å²) in [6, 6.07) is 17.8. The van der Waals surface area contributed by atoms with Crippen molar-refractivity contribution in [1.29, 1.82) is 5.26 Å². The van der Waals surface area contributed by atoms with Gasteiger partial charge in [-0.2, -0.15) is 5.26 Å². The zero-order chi connectivity index (χ0) is 17.9. The highest BCUT2D eigenvalue weighted by Crippen LogP contribution is 2.22. The van der Waals surface area contributed by atoms with E-state index < -0.39 is 5.92 Å². The van der Waals surface area contributed by atoms with Crippen LogP contribution in [0.3, 0.4) is 0 Å². The molecule has 5 heteroatoms. The molecule has 0 bridgehead atoms. The van der Waals surface area contributed by atoms with Crippen molar-refractivity contribution in [2.75, 3.05) is 0 Å². The summed E-state index contributed by atoms with van der Waals surface area (Å²) in [5.41, 5.74) is 3.92. The van der Waals surface area contributed by atoms with Gasteiger partial charge in [0.2, 0.25) is 0 Å². The molecular weight excluding hydrogens is 324 g/mol. The minimum Gasteiger partial charge on any atom is -0.361 e. The maximum absolute atomic E-state index is 12.6. The molecule has 0 saturated carbocycles. The van der Waals surface area contributed by atoms with Gasteiger partial charge in [-0.1, -0.05) is 30.3 Å². The van der Waals surface area contributed by atoms with E-state index in [1.807, 2.05) is 48.7 Å². The number of benzene rings is 2. The van der Waals surface area contributed by atoms with Crippen molar-refractivity contribution in [2.24, 2.45) is 0 Å². The molecule has 0 spiro atoms. The number of nitriles is 1. The van der Waals surface area contributed by atoms with Gasteiger partial charge in [-0.25, -0.2) is 4.98 Å². The average molecular weight is 342 g/mol. The minimum absolute atomic E-state index is 0.0913. The first-order valence-corrected chi connectivity index (χ1v) is 8.68. The summed E-state index contributed by atoms with van der Waals surface area (Å²) in [7, 11) is 0. The highest BCUT2D eigenvalue weighted by molar-refractivity contribution is 5.89. The number of ketones is 1. The van der Waals surface area contributed by atoms with E-state index in [4.69, 9.17) is 0 Å². The van der Waals surface area contributed by atoms with Crippen LogP contribution >= 0.6 is 0 Å². The highest BCUT2D eigenvalue weighted by Gasteiger charge is 2.23. The predicted molar refractivity (Wildman–Crippen MR) is 101 cm³/mol. The molecule has 2 aromatic carbocycles. The van der Waals surface area contributed by atoms with Crippen LogP contribution in [0, 0.1) is 11.3 Å². The van der Waals surface area contributed by atoms with Crippen LogP contribution in [-0.4, -0.2) is 20.7 Å². The largest absolute Gasteiger partial charge is 0.361 e. The molecule has 1 atom stereocenters. The Balaban J connectivity index is 1.44. The summed E-state index contributed by atoms with van der Waals surface area (Å²) in [4.78, 5) is 23.3. The molecule has 128 valence electrons. The van der Waals surface area contributed by atoms with E-state index in [0.717, 1.165) is 23.0 Å². The number of nitrogens with zero attached hydrogens (tertiary/aromatic N) is 2. The Labute approximate surface area is 150 Å². The molecule has 4 rings (SSSR count). The van der Waals surface area contributed by atoms with Crippen molar-refractivity contribution in [1.82, 2.24) is 15.0 Å². The Hall–Kier alpha value is -3.39. The number of rotatable bonds is 6. The Morgan fingerprint density at radius 1 is 1.12 bits per heavy atom. The molecule has 4 aromatic rings. The number of H-pyrrole nitrogens is 2. The summed E-state index contributed by atoms with van der Waals surface area (Å²) in [6.45, 7) is 0. The minimum atomic E-state index is -0.842. The van der Waals surface area contributed by atoms with Gasteiger partial charge in [-0.15, -0.1) is 0 Å². The molecule has 2 heterocycles. The van der Waals surface area contributed by atoms with E-state index in [0.29, 0.717) is 18.7 Å². The normalized spacial score (nSPS) is 12.3. The van der Waals surface area contributed by atoms with Gasteiger partial charge in [0, 0.05) is 23.5 Å². The SMILES string of the molecule is N#CC(C(=O)CCCc1c[nH]c2ccccc12)c1nc2ccccc2[nH]1. The predicted octanol–water partition coefficient (Wildman–Crippen LogP) is 4.24. The van der Waals surface area contributed by atoms with Crippen LogP contribution in [0.1, 0.15) is 30.1 Å². The fraction of sp³-hybridized carbons (Fsp3) is 0.190. The number of aromatic nitrogens is 3. The van der Waals surface area contributed by atoms with Crippen molar-refractivity contribution < 1.29 is 4.79 Å². The third-order valence-corrected chi connectivity index (χ3v) is 4.68. The van der Waals surface area contributed by atoms with Gasteiger partial charge in [0.1, 0.15) is 5.82 Å². The lowest BCUT2D eigenvalue weighted by Crippen LogP contribution is -2.12. The molecule has 1 unspecified atom stereocenters. The zero-order valence-corrected chi connectivity index (χ0v) is 14.2. The fourth-order valence-corrected chi connectivity index (χ4v) is 3.33. The quantitative estimate of drug-likeness (QED) is 0.549. The van der Waals surface area contributed by atoms with Gasteiger partial charge in [-0.3, -0.25) is 4.79 Å². The third kappa shape index (κ3) is 2.98. The van der Waals surface area contributed by atoms with Crippen LogP contribution in [0.5, 0.6) is 0 Å². The number of hydrogen-bond donors (Lipinski definition) is 2.